The number of amides is 1. The highest BCUT2D eigenvalue weighted by Gasteiger charge is 2.15. The van der Waals surface area contributed by atoms with Crippen LogP contribution in [0.3, 0.4) is 0 Å². The van der Waals surface area contributed by atoms with Crippen molar-refractivity contribution in [1.82, 2.24) is 9.80 Å². The molecule has 2 rings (SSSR count). The fourth-order valence-corrected chi connectivity index (χ4v) is 2.74. The molecule has 1 aromatic carbocycles. The topological polar surface area (TPSA) is 35.6 Å². The molecule has 116 valence electrons. The van der Waals surface area contributed by atoms with E-state index in [0.717, 1.165) is 50.4 Å². The Morgan fingerprint density at radius 2 is 1.95 bits per heavy atom. The number of para-hydroxylation sites is 1. The Hall–Kier alpha value is -1.39. The number of nitrogens with one attached hydrogen (secondary N) is 1. The average Bonchev–Trinajstić information content (AvgIpc) is 2.49. The molecule has 1 saturated heterocycles. The van der Waals surface area contributed by atoms with Crippen LogP contribution in [0.5, 0.6) is 0 Å². The van der Waals surface area contributed by atoms with Gasteiger partial charge >= 0.3 is 0 Å². The van der Waals surface area contributed by atoms with Crippen LogP contribution in [0, 0.1) is 6.92 Å². The first-order chi connectivity index (χ1) is 10.1. The van der Waals surface area contributed by atoms with Crippen LogP contribution in [-0.2, 0) is 11.2 Å². The first kappa shape index (κ1) is 16.0. The van der Waals surface area contributed by atoms with Gasteiger partial charge in [0, 0.05) is 44.8 Å². The van der Waals surface area contributed by atoms with E-state index in [1.807, 2.05) is 6.07 Å². The van der Waals surface area contributed by atoms with Crippen molar-refractivity contribution in [3.8, 4) is 0 Å². The van der Waals surface area contributed by atoms with Gasteiger partial charge in [0.1, 0.15) is 0 Å². The lowest BCUT2D eigenvalue weighted by molar-refractivity contribution is -0.116. The summed E-state index contributed by atoms with van der Waals surface area (Å²) in [4.78, 5) is 16.9. The number of rotatable bonds is 5. The maximum atomic E-state index is 12.2. The molecule has 0 aromatic heterocycles. The molecule has 1 heterocycles. The lowest BCUT2D eigenvalue weighted by Gasteiger charge is -2.32. The normalized spacial score (nSPS) is 16.9. The number of hydrogen-bond acceptors (Lipinski definition) is 3. The van der Waals surface area contributed by atoms with Crippen molar-refractivity contribution in [1.29, 1.82) is 0 Å². The summed E-state index contributed by atoms with van der Waals surface area (Å²) in [6.45, 7) is 9.35. The molecule has 0 radical (unpaired) electrons. The molecule has 21 heavy (non-hydrogen) atoms. The number of piperazine rings is 1. The standard InChI is InChI=1S/C17H27N3O/c1-4-15-7-5-6-14(2)17(15)18-16(21)8-9-20-12-10-19(3)11-13-20/h5-7H,4,8-13H2,1-3H3,(H,18,21). The smallest absolute Gasteiger partial charge is 0.225 e. The summed E-state index contributed by atoms with van der Waals surface area (Å²) in [7, 11) is 2.15. The second-order valence-corrected chi connectivity index (χ2v) is 5.91. The largest absolute Gasteiger partial charge is 0.326 e. The summed E-state index contributed by atoms with van der Waals surface area (Å²) in [5.41, 5.74) is 3.36. The number of carbonyl (C=O) groups is 1. The van der Waals surface area contributed by atoms with E-state index in [1.165, 1.54) is 5.56 Å². The third kappa shape index (κ3) is 4.55. The van der Waals surface area contributed by atoms with Crippen LogP contribution in [0.25, 0.3) is 0 Å². The van der Waals surface area contributed by atoms with E-state index >= 15 is 0 Å². The second-order valence-electron chi connectivity index (χ2n) is 5.91. The first-order valence-electron chi connectivity index (χ1n) is 7.89. The number of benzene rings is 1. The van der Waals surface area contributed by atoms with Crippen LogP contribution < -0.4 is 5.32 Å². The molecule has 1 aliphatic heterocycles. The Morgan fingerprint density at radius 1 is 1.24 bits per heavy atom. The summed E-state index contributed by atoms with van der Waals surface area (Å²) < 4.78 is 0. The summed E-state index contributed by atoms with van der Waals surface area (Å²) in [5.74, 6) is 0.123. The monoisotopic (exact) mass is 289 g/mol. The average molecular weight is 289 g/mol. The fourth-order valence-electron chi connectivity index (χ4n) is 2.74. The molecule has 1 aromatic rings. The predicted octanol–water partition coefficient (Wildman–Crippen LogP) is 2.13. The molecule has 0 aliphatic carbocycles. The van der Waals surface area contributed by atoms with Crippen LogP contribution in [-0.4, -0.2) is 55.5 Å². The molecule has 0 bridgehead atoms. The van der Waals surface area contributed by atoms with Gasteiger partial charge in [-0.1, -0.05) is 25.1 Å². The van der Waals surface area contributed by atoms with E-state index in [9.17, 15) is 4.79 Å². The first-order valence-corrected chi connectivity index (χ1v) is 7.89. The van der Waals surface area contributed by atoms with Gasteiger partial charge < -0.3 is 15.1 Å². The van der Waals surface area contributed by atoms with Crippen molar-refractivity contribution in [3.05, 3.63) is 29.3 Å². The van der Waals surface area contributed by atoms with Crippen molar-refractivity contribution in [2.24, 2.45) is 0 Å². The quantitative estimate of drug-likeness (QED) is 0.902. The van der Waals surface area contributed by atoms with E-state index in [0.29, 0.717) is 6.42 Å². The molecule has 0 unspecified atom stereocenters. The number of aryl methyl sites for hydroxylation is 2. The van der Waals surface area contributed by atoms with Crippen molar-refractivity contribution in [2.75, 3.05) is 45.1 Å². The van der Waals surface area contributed by atoms with Crippen LogP contribution in [0.2, 0.25) is 0 Å². The Balaban J connectivity index is 1.85. The molecule has 4 heteroatoms. The van der Waals surface area contributed by atoms with Gasteiger partial charge in [0.25, 0.3) is 0 Å². The van der Waals surface area contributed by atoms with Gasteiger partial charge in [-0.2, -0.15) is 0 Å². The molecule has 4 nitrogen and oxygen atoms in total. The molecular weight excluding hydrogens is 262 g/mol. The van der Waals surface area contributed by atoms with E-state index in [2.05, 4.69) is 48.1 Å². The van der Waals surface area contributed by atoms with Crippen LogP contribution in [0.4, 0.5) is 5.69 Å². The number of anilines is 1. The van der Waals surface area contributed by atoms with Crippen molar-refractivity contribution < 1.29 is 4.79 Å². The zero-order valence-electron chi connectivity index (χ0n) is 13.5. The molecule has 1 N–H and O–H groups in total. The van der Waals surface area contributed by atoms with Gasteiger partial charge in [0.2, 0.25) is 5.91 Å². The van der Waals surface area contributed by atoms with Gasteiger partial charge in [-0.15, -0.1) is 0 Å². The van der Waals surface area contributed by atoms with Gasteiger partial charge in [-0.25, -0.2) is 0 Å². The lowest BCUT2D eigenvalue weighted by atomic mass is 10.1. The fraction of sp³-hybridized carbons (Fsp3) is 0.588. The number of nitrogens with zero attached hydrogens (tertiary/aromatic N) is 2. The maximum absolute atomic E-state index is 12.2. The van der Waals surface area contributed by atoms with Crippen LogP contribution >= 0.6 is 0 Å². The zero-order valence-corrected chi connectivity index (χ0v) is 13.5. The summed E-state index contributed by atoms with van der Waals surface area (Å²) in [6, 6.07) is 6.19. The molecule has 0 spiro atoms. The number of carbonyl (C=O) groups excluding carboxylic acids is 1. The molecule has 1 amide bonds. The number of likely N-dealkylation sites (N-methyl/N-ethyl adjacent to an activating group) is 1. The Kier molecular flexibility index (Phi) is 5.76. The van der Waals surface area contributed by atoms with Crippen molar-refractivity contribution in [3.63, 3.8) is 0 Å². The summed E-state index contributed by atoms with van der Waals surface area (Å²) in [5, 5.41) is 3.10. The third-order valence-electron chi connectivity index (χ3n) is 4.26. The Morgan fingerprint density at radius 3 is 2.62 bits per heavy atom. The minimum Gasteiger partial charge on any atom is -0.326 e. The van der Waals surface area contributed by atoms with Crippen molar-refractivity contribution in [2.45, 2.75) is 26.7 Å². The molecular formula is C17H27N3O. The van der Waals surface area contributed by atoms with Crippen molar-refractivity contribution >= 4 is 11.6 Å². The summed E-state index contributed by atoms with van der Waals surface area (Å²) in [6.07, 6.45) is 1.51. The highest BCUT2D eigenvalue weighted by molar-refractivity contribution is 5.92. The molecule has 1 fully saturated rings. The van der Waals surface area contributed by atoms with Crippen LogP contribution in [0.15, 0.2) is 18.2 Å². The molecule has 0 atom stereocenters. The zero-order chi connectivity index (χ0) is 15.2. The molecule has 0 saturated carbocycles. The van der Waals surface area contributed by atoms with E-state index in [4.69, 9.17) is 0 Å². The highest BCUT2D eigenvalue weighted by atomic mass is 16.1. The minimum absolute atomic E-state index is 0.123. The summed E-state index contributed by atoms with van der Waals surface area (Å²) >= 11 is 0. The molecule has 1 aliphatic rings. The van der Waals surface area contributed by atoms with E-state index in [1.54, 1.807) is 0 Å². The SMILES string of the molecule is CCc1cccc(C)c1NC(=O)CCN1CCN(C)CC1. The van der Waals surface area contributed by atoms with Gasteiger partial charge in [-0.05, 0) is 31.5 Å². The predicted molar refractivity (Wildman–Crippen MR) is 87.7 cm³/mol. The maximum Gasteiger partial charge on any atom is 0.225 e. The van der Waals surface area contributed by atoms with E-state index in [-0.39, 0.29) is 5.91 Å². The highest BCUT2D eigenvalue weighted by Crippen LogP contribution is 2.21. The minimum atomic E-state index is 0.123. The second kappa shape index (κ2) is 7.57. The van der Waals surface area contributed by atoms with Crippen LogP contribution in [0.1, 0.15) is 24.5 Å². The Labute approximate surface area is 128 Å². The van der Waals surface area contributed by atoms with E-state index < -0.39 is 0 Å². The Bertz CT molecular complexity index is 479. The third-order valence-corrected chi connectivity index (χ3v) is 4.26. The van der Waals surface area contributed by atoms with Gasteiger partial charge in [0.15, 0.2) is 0 Å². The number of hydrogen-bond donors (Lipinski definition) is 1. The van der Waals surface area contributed by atoms with Gasteiger partial charge in [-0.3, -0.25) is 4.79 Å². The lowest BCUT2D eigenvalue weighted by Crippen LogP contribution is -2.45. The van der Waals surface area contributed by atoms with Gasteiger partial charge in [0.05, 0.1) is 0 Å².